The van der Waals surface area contributed by atoms with E-state index in [2.05, 4.69) is 33.0 Å². The highest BCUT2D eigenvalue weighted by atomic mass is 79.9. The summed E-state index contributed by atoms with van der Waals surface area (Å²) in [6, 6.07) is 8.61. The van der Waals surface area contributed by atoms with Gasteiger partial charge in [0.15, 0.2) is 0 Å². The summed E-state index contributed by atoms with van der Waals surface area (Å²) in [5.41, 5.74) is 1.17. The molecule has 2 aliphatic rings. The third kappa shape index (κ3) is 4.84. The number of likely N-dealkylation sites (tertiary alicyclic amines) is 1. The van der Waals surface area contributed by atoms with Gasteiger partial charge < -0.3 is 9.80 Å². The van der Waals surface area contributed by atoms with Gasteiger partial charge in [0.25, 0.3) is 0 Å². The van der Waals surface area contributed by atoms with E-state index in [4.69, 9.17) is 0 Å². The molecule has 2 amide bonds. The molecule has 5 heteroatoms. The van der Waals surface area contributed by atoms with Crippen LogP contribution >= 0.6 is 15.9 Å². The van der Waals surface area contributed by atoms with Gasteiger partial charge >= 0.3 is 0 Å². The molecule has 1 aliphatic heterocycles. The Morgan fingerprint density at radius 3 is 2.52 bits per heavy atom. The number of hydrogen-bond acceptors (Lipinski definition) is 2. The number of carbonyl (C=O) groups is 2. The second-order valence-electron chi connectivity index (χ2n) is 7.23. The number of carbonyl (C=O) groups excluding carboxylic acids is 2. The topological polar surface area (TPSA) is 40.6 Å². The van der Waals surface area contributed by atoms with E-state index in [-0.39, 0.29) is 17.7 Å². The van der Waals surface area contributed by atoms with Crippen LogP contribution in [0.1, 0.15) is 51.0 Å². The van der Waals surface area contributed by atoms with Crippen molar-refractivity contribution in [1.82, 2.24) is 9.80 Å². The van der Waals surface area contributed by atoms with E-state index in [0.717, 1.165) is 49.7 Å². The smallest absolute Gasteiger partial charge is 0.226 e. The molecule has 3 rings (SSSR count). The van der Waals surface area contributed by atoms with Crippen molar-refractivity contribution in [2.75, 3.05) is 13.1 Å². The first kappa shape index (κ1) is 18.4. The van der Waals surface area contributed by atoms with Crippen LogP contribution < -0.4 is 0 Å². The van der Waals surface area contributed by atoms with Crippen molar-refractivity contribution in [3.05, 3.63) is 34.3 Å². The van der Waals surface area contributed by atoms with Gasteiger partial charge in [-0.15, -0.1) is 0 Å². The number of piperidine rings is 1. The average molecular weight is 407 g/mol. The number of amides is 2. The fourth-order valence-corrected chi connectivity index (χ4v) is 4.03. The molecule has 2 fully saturated rings. The maximum absolute atomic E-state index is 13.1. The molecule has 0 radical (unpaired) electrons. The summed E-state index contributed by atoms with van der Waals surface area (Å²) in [4.78, 5) is 29.1. The van der Waals surface area contributed by atoms with Crippen molar-refractivity contribution >= 4 is 27.7 Å². The molecule has 0 atom stereocenters. The Hall–Kier alpha value is -1.36. The lowest BCUT2D eigenvalue weighted by Gasteiger charge is -2.34. The van der Waals surface area contributed by atoms with Crippen molar-refractivity contribution in [2.45, 2.75) is 58.0 Å². The Morgan fingerprint density at radius 1 is 1.20 bits per heavy atom. The standard InChI is InChI=1S/C20H27BrN2O2/c1-2-4-19(24)22-11-9-16(10-12-22)20(25)23(18-7-8-18)14-15-5-3-6-17(21)13-15/h3,5-6,13,16,18H,2,4,7-12,14H2,1H3. The van der Waals surface area contributed by atoms with Gasteiger partial charge in [-0.05, 0) is 49.8 Å². The van der Waals surface area contributed by atoms with E-state index >= 15 is 0 Å². The minimum Gasteiger partial charge on any atom is -0.343 e. The molecular formula is C20H27BrN2O2. The van der Waals surface area contributed by atoms with Crippen LogP contribution in [0.2, 0.25) is 0 Å². The molecule has 136 valence electrons. The van der Waals surface area contributed by atoms with Crippen LogP contribution in [-0.2, 0) is 16.1 Å². The van der Waals surface area contributed by atoms with Crippen LogP contribution in [0.15, 0.2) is 28.7 Å². The Labute approximate surface area is 158 Å². The first-order valence-electron chi connectivity index (χ1n) is 9.41. The summed E-state index contributed by atoms with van der Waals surface area (Å²) < 4.78 is 1.05. The predicted molar refractivity (Wildman–Crippen MR) is 102 cm³/mol. The van der Waals surface area contributed by atoms with Gasteiger partial charge in [0.05, 0.1) is 0 Å². The van der Waals surface area contributed by atoms with E-state index in [9.17, 15) is 9.59 Å². The second-order valence-corrected chi connectivity index (χ2v) is 8.15. The van der Waals surface area contributed by atoms with E-state index in [1.807, 2.05) is 24.0 Å². The van der Waals surface area contributed by atoms with Crippen molar-refractivity contribution in [3.63, 3.8) is 0 Å². The maximum Gasteiger partial charge on any atom is 0.226 e. The fraction of sp³-hybridized carbons (Fsp3) is 0.600. The second kappa shape index (κ2) is 8.35. The third-order valence-electron chi connectivity index (χ3n) is 5.17. The summed E-state index contributed by atoms with van der Waals surface area (Å²) in [5.74, 6) is 0.588. The molecule has 1 aromatic carbocycles. The highest BCUT2D eigenvalue weighted by molar-refractivity contribution is 9.10. The number of halogens is 1. The van der Waals surface area contributed by atoms with Crippen LogP contribution in [0, 0.1) is 5.92 Å². The molecule has 1 aliphatic carbocycles. The fourth-order valence-electron chi connectivity index (χ4n) is 3.59. The van der Waals surface area contributed by atoms with Gasteiger partial charge in [0.1, 0.15) is 0 Å². The zero-order valence-corrected chi connectivity index (χ0v) is 16.5. The minimum atomic E-state index is 0.0680. The molecule has 25 heavy (non-hydrogen) atoms. The van der Waals surface area contributed by atoms with E-state index in [1.54, 1.807) is 0 Å². The van der Waals surface area contributed by atoms with Gasteiger partial charge in [0.2, 0.25) is 11.8 Å². The van der Waals surface area contributed by atoms with E-state index in [1.165, 1.54) is 5.56 Å². The predicted octanol–water partition coefficient (Wildman–Crippen LogP) is 3.98. The molecule has 1 aromatic rings. The number of benzene rings is 1. The van der Waals surface area contributed by atoms with Crippen LogP contribution in [-0.4, -0.2) is 40.7 Å². The van der Waals surface area contributed by atoms with Gasteiger partial charge in [-0.25, -0.2) is 0 Å². The van der Waals surface area contributed by atoms with Crippen molar-refractivity contribution in [3.8, 4) is 0 Å². The van der Waals surface area contributed by atoms with E-state index in [0.29, 0.717) is 19.0 Å². The van der Waals surface area contributed by atoms with Crippen LogP contribution in [0.5, 0.6) is 0 Å². The molecule has 1 heterocycles. The molecule has 1 saturated heterocycles. The molecular weight excluding hydrogens is 380 g/mol. The first-order valence-corrected chi connectivity index (χ1v) is 10.2. The zero-order chi connectivity index (χ0) is 17.8. The molecule has 0 aromatic heterocycles. The Kier molecular flexibility index (Phi) is 6.15. The summed E-state index contributed by atoms with van der Waals surface area (Å²) >= 11 is 3.51. The largest absolute Gasteiger partial charge is 0.343 e. The number of rotatable bonds is 6. The van der Waals surface area contributed by atoms with Crippen molar-refractivity contribution in [2.24, 2.45) is 5.92 Å². The van der Waals surface area contributed by atoms with Gasteiger partial charge in [0, 0.05) is 42.5 Å². The minimum absolute atomic E-state index is 0.0680. The van der Waals surface area contributed by atoms with Crippen LogP contribution in [0.25, 0.3) is 0 Å². The normalized spacial score (nSPS) is 18.2. The third-order valence-corrected chi connectivity index (χ3v) is 5.67. The average Bonchev–Trinajstić information content (AvgIpc) is 3.44. The van der Waals surface area contributed by atoms with Crippen molar-refractivity contribution in [1.29, 1.82) is 0 Å². The Bertz CT molecular complexity index is 622. The maximum atomic E-state index is 13.1. The monoisotopic (exact) mass is 406 g/mol. The lowest BCUT2D eigenvalue weighted by atomic mass is 9.94. The molecule has 0 N–H and O–H groups in total. The van der Waals surface area contributed by atoms with Crippen molar-refractivity contribution < 1.29 is 9.59 Å². The molecule has 0 spiro atoms. The molecule has 4 nitrogen and oxygen atoms in total. The number of hydrogen-bond donors (Lipinski definition) is 0. The zero-order valence-electron chi connectivity index (χ0n) is 14.9. The lowest BCUT2D eigenvalue weighted by molar-refractivity contribution is -0.141. The Morgan fingerprint density at radius 2 is 1.92 bits per heavy atom. The highest BCUT2D eigenvalue weighted by Crippen LogP contribution is 2.32. The first-order chi connectivity index (χ1) is 12.1. The number of nitrogens with zero attached hydrogens (tertiary/aromatic N) is 2. The van der Waals surface area contributed by atoms with Gasteiger partial charge in [-0.2, -0.15) is 0 Å². The summed E-state index contributed by atoms with van der Waals surface area (Å²) in [7, 11) is 0. The van der Waals surface area contributed by atoms with Crippen LogP contribution in [0.4, 0.5) is 0 Å². The van der Waals surface area contributed by atoms with Gasteiger partial charge in [-0.3, -0.25) is 9.59 Å². The lowest BCUT2D eigenvalue weighted by Crippen LogP contribution is -2.44. The highest BCUT2D eigenvalue weighted by Gasteiger charge is 2.37. The molecule has 1 saturated carbocycles. The van der Waals surface area contributed by atoms with Crippen LogP contribution in [0.3, 0.4) is 0 Å². The van der Waals surface area contributed by atoms with Gasteiger partial charge in [-0.1, -0.05) is 35.0 Å². The summed E-state index contributed by atoms with van der Waals surface area (Å²) in [6.45, 7) is 4.18. The summed E-state index contributed by atoms with van der Waals surface area (Å²) in [5, 5.41) is 0. The SMILES string of the molecule is CCCC(=O)N1CCC(C(=O)N(Cc2cccc(Br)c2)C2CC2)CC1. The quantitative estimate of drug-likeness (QED) is 0.716. The molecule has 0 bridgehead atoms. The Balaban J connectivity index is 1.59. The molecule has 0 unspecified atom stereocenters. The van der Waals surface area contributed by atoms with E-state index < -0.39 is 0 Å². The summed E-state index contributed by atoms with van der Waals surface area (Å²) in [6.07, 6.45) is 5.35.